The van der Waals surface area contributed by atoms with Gasteiger partial charge in [-0.25, -0.2) is 0 Å². The van der Waals surface area contributed by atoms with Gasteiger partial charge in [0.15, 0.2) is 0 Å². The third kappa shape index (κ3) is 4.11. The Bertz CT molecular complexity index is 1240. The molecule has 2 aliphatic rings. The van der Waals surface area contributed by atoms with Gasteiger partial charge >= 0.3 is 0 Å². The van der Waals surface area contributed by atoms with Crippen LogP contribution in [0.4, 0.5) is 0 Å². The number of hydrogen-bond donors (Lipinski definition) is 0. The van der Waals surface area contributed by atoms with Gasteiger partial charge in [-0.3, -0.25) is 4.79 Å². The lowest BCUT2D eigenvalue weighted by atomic mass is 9.77. The Labute approximate surface area is 200 Å². The lowest BCUT2D eigenvalue weighted by Gasteiger charge is -2.33. The molecule has 0 spiro atoms. The minimum Gasteiger partial charge on any atom is -0.421 e. The molecule has 1 saturated carbocycles. The van der Waals surface area contributed by atoms with Crippen molar-refractivity contribution in [2.75, 3.05) is 13.1 Å². The number of amides is 1. The summed E-state index contributed by atoms with van der Waals surface area (Å²) in [7, 11) is 0. The van der Waals surface area contributed by atoms with Crippen LogP contribution in [-0.4, -0.2) is 34.1 Å². The van der Waals surface area contributed by atoms with E-state index in [9.17, 15) is 10.1 Å². The monoisotopic (exact) mass is 454 g/mol. The average Bonchev–Trinajstić information content (AvgIpc) is 3.32. The number of carbonyl (C=O) groups excluding carboxylic acids is 1. The number of nitrogens with zero attached hydrogens (tertiary/aromatic N) is 4. The van der Waals surface area contributed by atoms with E-state index >= 15 is 0 Å². The molecule has 2 heterocycles. The van der Waals surface area contributed by atoms with Crippen molar-refractivity contribution in [3.05, 3.63) is 70.1 Å². The summed E-state index contributed by atoms with van der Waals surface area (Å²) < 4.78 is 5.91. The third-order valence-corrected chi connectivity index (χ3v) is 7.47. The predicted molar refractivity (Wildman–Crippen MR) is 129 cm³/mol. The first kappa shape index (κ1) is 22.3. The number of likely N-dealkylation sites (tertiary alicyclic amines) is 1. The van der Waals surface area contributed by atoms with Gasteiger partial charge in [-0.15, -0.1) is 10.2 Å². The van der Waals surface area contributed by atoms with Crippen molar-refractivity contribution in [2.24, 2.45) is 0 Å². The highest BCUT2D eigenvalue weighted by molar-refractivity contribution is 5.97. The summed E-state index contributed by atoms with van der Waals surface area (Å²) in [6, 6.07) is 14.3. The van der Waals surface area contributed by atoms with Gasteiger partial charge in [-0.1, -0.05) is 37.6 Å². The van der Waals surface area contributed by atoms with E-state index in [4.69, 9.17) is 4.42 Å². The Morgan fingerprint density at radius 3 is 2.47 bits per heavy atom. The van der Waals surface area contributed by atoms with E-state index < -0.39 is 0 Å². The summed E-state index contributed by atoms with van der Waals surface area (Å²) in [6.07, 6.45) is 5.96. The van der Waals surface area contributed by atoms with Crippen molar-refractivity contribution in [3.63, 3.8) is 0 Å². The zero-order chi connectivity index (χ0) is 23.7. The van der Waals surface area contributed by atoms with Crippen LogP contribution >= 0.6 is 0 Å². The standard InChI is InChI=1S/C28H30N4O2/c1-3-26-30-31-27(34-26)25-16-23(18(2)15-24(25)19-8-6-9-19)28(33)32-13-11-20(12-14-32)22-10-5-4-7-21(22)17-29/h4-5,7,10,15-16,19-20H,3,6,8-9,11-14H2,1-2H3. The molecule has 1 aromatic heterocycles. The van der Waals surface area contributed by atoms with Gasteiger partial charge < -0.3 is 9.32 Å². The van der Waals surface area contributed by atoms with Crippen LogP contribution in [0.15, 0.2) is 40.8 Å². The van der Waals surface area contributed by atoms with Crippen molar-refractivity contribution >= 4 is 5.91 Å². The first-order chi connectivity index (χ1) is 16.6. The van der Waals surface area contributed by atoms with Crippen LogP contribution in [0.5, 0.6) is 0 Å². The van der Waals surface area contributed by atoms with Crippen molar-refractivity contribution in [2.45, 2.75) is 64.2 Å². The van der Waals surface area contributed by atoms with E-state index in [-0.39, 0.29) is 5.91 Å². The predicted octanol–water partition coefficient (Wildman–Crippen LogP) is 5.77. The summed E-state index contributed by atoms with van der Waals surface area (Å²) in [5, 5.41) is 17.9. The molecule has 0 radical (unpaired) electrons. The molecule has 2 fully saturated rings. The Kier molecular flexibility index (Phi) is 6.19. The van der Waals surface area contributed by atoms with Crippen molar-refractivity contribution in [3.8, 4) is 17.5 Å². The van der Waals surface area contributed by atoms with Crippen LogP contribution in [0.25, 0.3) is 11.5 Å². The van der Waals surface area contributed by atoms with Gasteiger partial charge in [0.05, 0.1) is 11.6 Å². The summed E-state index contributed by atoms with van der Waals surface area (Å²) >= 11 is 0. The molecular weight excluding hydrogens is 424 g/mol. The van der Waals surface area contributed by atoms with E-state index in [2.05, 4.69) is 22.3 Å². The molecule has 1 amide bonds. The van der Waals surface area contributed by atoms with Crippen LogP contribution < -0.4 is 0 Å². The zero-order valence-electron chi connectivity index (χ0n) is 19.9. The molecule has 0 unspecified atom stereocenters. The fourth-order valence-electron chi connectivity index (χ4n) is 5.23. The fraction of sp³-hybridized carbons (Fsp3) is 0.429. The fourth-order valence-corrected chi connectivity index (χ4v) is 5.23. The molecule has 5 rings (SSSR count). The molecule has 6 nitrogen and oxygen atoms in total. The molecule has 2 aromatic carbocycles. The highest BCUT2D eigenvalue weighted by atomic mass is 16.4. The minimum absolute atomic E-state index is 0.0566. The molecule has 174 valence electrons. The third-order valence-electron chi connectivity index (χ3n) is 7.47. The molecule has 6 heteroatoms. The van der Waals surface area contributed by atoms with Gasteiger partial charge in [-0.05, 0) is 73.3 Å². The number of hydrogen-bond acceptors (Lipinski definition) is 5. The SMILES string of the molecule is CCc1nnc(-c2cc(C(=O)N3CCC(c4ccccc4C#N)CC3)c(C)cc2C2CCC2)o1. The molecule has 0 atom stereocenters. The summed E-state index contributed by atoms with van der Waals surface area (Å²) in [5.74, 6) is 1.98. The van der Waals surface area contributed by atoms with Crippen molar-refractivity contribution < 1.29 is 9.21 Å². The number of aryl methyl sites for hydroxylation is 2. The lowest BCUT2D eigenvalue weighted by Crippen LogP contribution is -2.38. The van der Waals surface area contributed by atoms with E-state index in [1.54, 1.807) is 0 Å². The lowest BCUT2D eigenvalue weighted by molar-refractivity contribution is 0.0712. The maximum Gasteiger partial charge on any atom is 0.254 e. The second-order valence-electron chi connectivity index (χ2n) is 9.50. The number of nitriles is 1. The Morgan fingerprint density at radius 1 is 1.09 bits per heavy atom. The number of aromatic nitrogens is 2. The van der Waals surface area contributed by atoms with Crippen LogP contribution in [0.1, 0.15) is 89.4 Å². The van der Waals surface area contributed by atoms with Crippen molar-refractivity contribution in [1.29, 1.82) is 5.26 Å². The Balaban J connectivity index is 1.40. The smallest absolute Gasteiger partial charge is 0.254 e. The zero-order valence-corrected chi connectivity index (χ0v) is 19.9. The number of benzene rings is 2. The first-order valence-corrected chi connectivity index (χ1v) is 12.3. The molecule has 1 aliphatic carbocycles. The Morgan fingerprint density at radius 2 is 1.82 bits per heavy atom. The quantitative estimate of drug-likeness (QED) is 0.489. The van der Waals surface area contributed by atoms with E-state index in [1.807, 2.05) is 49.1 Å². The highest BCUT2D eigenvalue weighted by Crippen LogP contribution is 2.42. The maximum atomic E-state index is 13.6. The first-order valence-electron chi connectivity index (χ1n) is 12.3. The normalized spacial score (nSPS) is 16.8. The topological polar surface area (TPSA) is 83.0 Å². The van der Waals surface area contributed by atoms with Gasteiger partial charge in [-0.2, -0.15) is 5.26 Å². The van der Waals surface area contributed by atoms with Gasteiger partial charge in [0.2, 0.25) is 11.8 Å². The van der Waals surface area contributed by atoms with Crippen molar-refractivity contribution in [1.82, 2.24) is 15.1 Å². The average molecular weight is 455 g/mol. The van der Waals surface area contributed by atoms with Crippen LogP contribution in [-0.2, 0) is 6.42 Å². The van der Waals surface area contributed by atoms with Crippen LogP contribution in [0.3, 0.4) is 0 Å². The summed E-state index contributed by atoms with van der Waals surface area (Å²) in [4.78, 5) is 15.6. The molecule has 1 saturated heterocycles. The molecule has 34 heavy (non-hydrogen) atoms. The summed E-state index contributed by atoms with van der Waals surface area (Å²) in [5.41, 5.74) is 5.68. The van der Waals surface area contributed by atoms with Gasteiger partial charge in [0.25, 0.3) is 5.91 Å². The summed E-state index contributed by atoms with van der Waals surface area (Å²) in [6.45, 7) is 5.39. The molecule has 3 aromatic rings. The van der Waals surface area contributed by atoms with E-state index in [0.29, 0.717) is 48.7 Å². The molecule has 1 aliphatic heterocycles. The highest BCUT2D eigenvalue weighted by Gasteiger charge is 2.30. The second kappa shape index (κ2) is 9.42. The molecule has 0 N–H and O–H groups in total. The largest absolute Gasteiger partial charge is 0.421 e. The van der Waals surface area contributed by atoms with E-state index in [1.165, 1.54) is 12.0 Å². The minimum atomic E-state index is 0.0566. The maximum absolute atomic E-state index is 13.6. The molecule has 0 bridgehead atoms. The van der Waals surface area contributed by atoms with Crippen LogP contribution in [0, 0.1) is 18.3 Å². The van der Waals surface area contributed by atoms with E-state index in [0.717, 1.165) is 47.9 Å². The number of rotatable bonds is 5. The van der Waals surface area contributed by atoms with Gasteiger partial charge in [0.1, 0.15) is 0 Å². The Hall–Kier alpha value is -3.46. The number of carbonyl (C=O) groups is 1. The van der Waals surface area contributed by atoms with Crippen LogP contribution in [0.2, 0.25) is 0 Å². The second-order valence-corrected chi connectivity index (χ2v) is 9.50. The number of piperidine rings is 1. The van der Waals surface area contributed by atoms with Gasteiger partial charge in [0, 0.05) is 30.6 Å². The molecular formula is C28H30N4O2.